The van der Waals surface area contributed by atoms with E-state index in [0.29, 0.717) is 51.1 Å². The number of piperidine rings is 1. The second kappa shape index (κ2) is 10.9. The van der Waals surface area contributed by atoms with Crippen molar-refractivity contribution in [2.24, 2.45) is 5.92 Å². The standard InChI is InChI=1S/C24H30N2O6/c1-3-31-24(28)19-12-14-25(15-13-19)20-8-11-22(26(29)30)23(16-20)32-21-9-6-18(7-10-21)5-4-17(2)27/h6,8-9,11,16,19H,3-5,7,10,12-15H2,1-2H3. The van der Waals surface area contributed by atoms with Gasteiger partial charge in [-0.2, -0.15) is 0 Å². The molecule has 1 aromatic rings. The molecule has 1 fully saturated rings. The average Bonchev–Trinajstić information content (AvgIpc) is 2.78. The van der Waals surface area contributed by atoms with Crippen molar-refractivity contribution in [2.75, 3.05) is 24.6 Å². The highest BCUT2D eigenvalue weighted by Crippen LogP contribution is 2.36. The number of anilines is 1. The van der Waals surface area contributed by atoms with Gasteiger partial charge in [0, 0.05) is 43.8 Å². The maximum Gasteiger partial charge on any atom is 0.311 e. The number of ether oxygens (including phenoxy) is 2. The Balaban J connectivity index is 1.70. The molecular weight excluding hydrogens is 412 g/mol. The second-order valence-electron chi connectivity index (χ2n) is 8.18. The van der Waals surface area contributed by atoms with Crippen LogP contribution in [-0.2, 0) is 14.3 Å². The molecule has 0 unspecified atom stereocenters. The molecule has 172 valence electrons. The van der Waals surface area contributed by atoms with Crippen molar-refractivity contribution in [1.82, 2.24) is 0 Å². The van der Waals surface area contributed by atoms with Crippen molar-refractivity contribution in [3.8, 4) is 5.75 Å². The van der Waals surface area contributed by atoms with Crippen molar-refractivity contribution >= 4 is 23.1 Å². The summed E-state index contributed by atoms with van der Waals surface area (Å²) in [7, 11) is 0. The van der Waals surface area contributed by atoms with Gasteiger partial charge in [-0.25, -0.2) is 0 Å². The first-order valence-corrected chi connectivity index (χ1v) is 11.1. The lowest BCUT2D eigenvalue weighted by Crippen LogP contribution is -2.37. The Morgan fingerprint density at radius 3 is 2.53 bits per heavy atom. The summed E-state index contributed by atoms with van der Waals surface area (Å²) < 4.78 is 11.1. The molecule has 0 aromatic heterocycles. The number of nitrogens with zero attached hydrogens (tertiary/aromatic N) is 2. The molecule has 1 heterocycles. The van der Waals surface area contributed by atoms with Gasteiger partial charge in [-0.1, -0.05) is 11.6 Å². The van der Waals surface area contributed by atoms with Crippen LogP contribution in [0.4, 0.5) is 11.4 Å². The molecule has 8 nitrogen and oxygen atoms in total. The van der Waals surface area contributed by atoms with Gasteiger partial charge in [0.1, 0.15) is 11.5 Å². The molecule has 0 N–H and O–H groups in total. The lowest BCUT2D eigenvalue weighted by atomic mass is 9.96. The normalized spacial score (nSPS) is 16.8. The van der Waals surface area contributed by atoms with E-state index in [1.807, 2.05) is 12.2 Å². The van der Waals surface area contributed by atoms with Crippen molar-refractivity contribution in [3.63, 3.8) is 0 Å². The molecule has 0 radical (unpaired) electrons. The Morgan fingerprint density at radius 1 is 1.19 bits per heavy atom. The summed E-state index contributed by atoms with van der Waals surface area (Å²) in [4.78, 5) is 36.3. The number of benzene rings is 1. The van der Waals surface area contributed by atoms with Gasteiger partial charge in [0.2, 0.25) is 5.75 Å². The molecule has 0 saturated carbocycles. The van der Waals surface area contributed by atoms with Gasteiger partial charge in [-0.3, -0.25) is 14.9 Å². The van der Waals surface area contributed by atoms with Crippen LogP contribution in [0.5, 0.6) is 5.75 Å². The lowest BCUT2D eigenvalue weighted by molar-refractivity contribution is -0.385. The monoisotopic (exact) mass is 442 g/mol. The predicted octanol–water partition coefficient (Wildman–Crippen LogP) is 4.73. The number of rotatable bonds is 9. The molecular formula is C24H30N2O6. The third-order valence-electron chi connectivity index (χ3n) is 5.86. The van der Waals surface area contributed by atoms with E-state index < -0.39 is 4.92 Å². The van der Waals surface area contributed by atoms with Crippen LogP contribution >= 0.6 is 0 Å². The number of nitro groups is 1. The molecule has 1 saturated heterocycles. The zero-order valence-corrected chi connectivity index (χ0v) is 18.7. The number of allylic oxidation sites excluding steroid dienone is 4. The molecule has 2 aliphatic rings. The van der Waals surface area contributed by atoms with Crippen LogP contribution in [0, 0.1) is 16.0 Å². The summed E-state index contributed by atoms with van der Waals surface area (Å²) >= 11 is 0. The highest BCUT2D eigenvalue weighted by molar-refractivity contribution is 5.75. The number of esters is 1. The van der Waals surface area contributed by atoms with Gasteiger partial charge in [0.25, 0.3) is 0 Å². The largest absolute Gasteiger partial charge is 0.466 e. The smallest absolute Gasteiger partial charge is 0.311 e. The molecule has 8 heteroatoms. The minimum atomic E-state index is -0.441. The average molecular weight is 443 g/mol. The Hall–Kier alpha value is -3.16. The number of carbonyl (C=O) groups excluding carboxylic acids is 2. The van der Waals surface area contributed by atoms with E-state index in [4.69, 9.17) is 9.47 Å². The van der Waals surface area contributed by atoms with Crippen LogP contribution in [0.2, 0.25) is 0 Å². The zero-order chi connectivity index (χ0) is 23.1. The number of hydrogen-bond acceptors (Lipinski definition) is 7. The Kier molecular flexibility index (Phi) is 8.03. The first-order valence-electron chi connectivity index (χ1n) is 11.1. The summed E-state index contributed by atoms with van der Waals surface area (Å²) in [5.74, 6) is 0.788. The molecule has 1 aliphatic carbocycles. The highest BCUT2D eigenvalue weighted by Gasteiger charge is 2.27. The van der Waals surface area contributed by atoms with Crippen LogP contribution < -0.4 is 9.64 Å². The van der Waals surface area contributed by atoms with Crippen LogP contribution in [0.15, 0.2) is 41.7 Å². The van der Waals surface area contributed by atoms with Gasteiger partial charge in [-0.15, -0.1) is 0 Å². The van der Waals surface area contributed by atoms with E-state index in [1.165, 1.54) is 11.6 Å². The minimum absolute atomic E-state index is 0.0811. The summed E-state index contributed by atoms with van der Waals surface area (Å²) in [6, 6.07) is 4.91. The third kappa shape index (κ3) is 6.18. The maximum absolute atomic E-state index is 12.0. The molecule has 3 rings (SSSR count). The summed E-state index contributed by atoms with van der Waals surface area (Å²) in [6.45, 7) is 5.11. The quantitative estimate of drug-likeness (QED) is 0.310. The summed E-state index contributed by atoms with van der Waals surface area (Å²) in [6.07, 6.45) is 7.81. The third-order valence-corrected chi connectivity index (χ3v) is 5.86. The first-order chi connectivity index (χ1) is 15.4. The van der Waals surface area contributed by atoms with Crippen LogP contribution in [0.1, 0.15) is 52.4 Å². The number of Topliss-reactive ketones (excluding diaryl/α,β-unsaturated/α-hetero) is 1. The molecule has 0 atom stereocenters. The van der Waals surface area contributed by atoms with Gasteiger partial charge < -0.3 is 19.2 Å². The molecule has 0 bridgehead atoms. The van der Waals surface area contributed by atoms with Crippen molar-refractivity contribution in [3.05, 3.63) is 51.8 Å². The molecule has 1 aliphatic heterocycles. The van der Waals surface area contributed by atoms with Crippen molar-refractivity contribution in [1.29, 1.82) is 0 Å². The molecule has 0 amide bonds. The predicted molar refractivity (Wildman–Crippen MR) is 121 cm³/mol. The number of hydrogen-bond donors (Lipinski definition) is 0. The lowest BCUT2D eigenvalue weighted by Gasteiger charge is -2.32. The van der Waals surface area contributed by atoms with E-state index in [0.717, 1.165) is 18.5 Å². The van der Waals surface area contributed by atoms with E-state index in [1.54, 1.807) is 26.0 Å². The maximum atomic E-state index is 12.0. The SMILES string of the molecule is CCOC(=O)C1CCN(c2ccc([N+](=O)[O-])c(OC3=CC=C(CCC(C)=O)CC3)c2)CC1. The summed E-state index contributed by atoms with van der Waals surface area (Å²) in [5, 5.41) is 11.5. The number of nitro benzene ring substituents is 1. The molecule has 0 spiro atoms. The van der Waals surface area contributed by atoms with Gasteiger partial charge in [0.05, 0.1) is 17.4 Å². The van der Waals surface area contributed by atoms with E-state index in [2.05, 4.69) is 4.90 Å². The fourth-order valence-corrected chi connectivity index (χ4v) is 4.00. The van der Waals surface area contributed by atoms with E-state index in [-0.39, 0.29) is 29.1 Å². The topological polar surface area (TPSA) is 99.0 Å². The first kappa shape index (κ1) is 23.5. The molecule has 1 aromatic carbocycles. The van der Waals surface area contributed by atoms with Crippen molar-refractivity contribution in [2.45, 2.75) is 52.4 Å². The van der Waals surface area contributed by atoms with E-state index in [9.17, 15) is 19.7 Å². The highest BCUT2D eigenvalue weighted by atomic mass is 16.6. The fraction of sp³-hybridized carbons (Fsp3) is 0.500. The fourth-order valence-electron chi connectivity index (χ4n) is 4.00. The second-order valence-corrected chi connectivity index (χ2v) is 8.18. The Morgan fingerprint density at radius 2 is 1.94 bits per heavy atom. The van der Waals surface area contributed by atoms with E-state index >= 15 is 0 Å². The van der Waals surface area contributed by atoms with Crippen LogP contribution in [0.25, 0.3) is 0 Å². The van der Waals surface area contributed by atoms with Gasteiger partial charge in [-0.05, 0) is 51.7 Å². The Labute approximate surface area is 188 Å². The van der Waals surface area contributed by atoms with Gasteiger partial charge in [0.15, 0.2) is 0 Å². The Bertz CT molecular complexity index is 928. The zero-order valence-electron chi connectivity index (χ0n) is 18.7. The number of carbonyl (C=O) groups is 2. The van der Waals surface area contributed by atoms with Crippen LogP contribution in [0.3, 0.4) is 0 Å². The molecule has 32 heavy (non-hydrogen) atoms. The summed E-state index contributed by atoms with van der Waals surface area (Å²) in [5.41, 5.74) is 1.93. The van der Waals surface area contributed by atoms with Crippen molar-refractivity contribution < 1.29 is 24.0 Å². The van der Waals surface area contributed by atoms with Crippen LogP contribution in [-0.4, -0.2) is 36.4 Å². The minimum Gasteiger partial charge on any atom is -0.466 e. The van der Waals surface area contributed by atoms with Gasteiger partial charge >= 0.3 is 11.7 Å². The number of ketones is 1.